The zero-order valence-electron chi connectivity index (χ0n) is 13.6. The van der Waals surface area contributed by atoms with Crippen LogP contribution in [-0.4, -0.2) is 40.6 Å². The first-order valence-corrected chi connectivity index (χ1v) is 8.17. The molecule has 0 spiro atoms. The van der Waals surface area contributed by atoms with Gasteiger partial charge in [-0.25, -0.2) is 0 Å². The number of fused-ring (bicyclic) bond motifs is 1. The second-order valence-electron chi connectivity index (χ2n) is 5.82. The summed E-state index contributed by atoms with van der Waals surface area (Å²) in [4.78, 5) is 16.8. The zero-order valence-corrected chi connectivity index (χ0v) is 13.6. The molecule has 1 aromatic carbocycles. The minimum absolute atomic E-state index is 0.0792. The molecular formula is C18H26N2O2. The van der Waals surface area contributed by atoms with Crippen LogP contribution in [0.4, 0.5) is 0 Å². The fourth-order valence-corrected chi connectivity index (χ4v) is 3.09. The van der Waals surface area contributed by atoms with Crippen molar-refractivity contribution in [3.8, 4) is 0 Å². The van der Waals surface area contributed by atoms with E-state index in [1.807, 2.05) is 24.4 Å². The number of H-pyrrole nitrogens is 1. The monoisotopic (exact) mass is 302 g/mol. The summed E-state index contributed by atoms with van der Waals surface area (Å²) < 4.78 is 0. The van der Waals surface area contributed by atoms with E-state index in [1.165, 1.54) is 5.56 Å². The molecule has 4 heteroatoms. The Kier molecular flexibility index (Phi) is 6.01. The van der Waals surface area contributed by atoms with Crippen LogP contribution in [-0.2, 0) is 17.6 Å². The van der Waals surface area contributed by atoms with Crippen molar-refractivity contribution in [1.82, 2.24) is 9.88 Å². The van der Waals surface area contributed by atoms with E-state index in [2.05, 4.69) is 23.7 Å². The Morgan fingerprint density at radius 3 is 2.50 bits per heavy atom. The molecule has 2 rings (SSSR count). The van der Waals surface area contributed by atoms with Gasteiger partial charge in [-0.1, -0.05) is 26.0 Å². The molecule has 0 unspecified atom stereocenters. The van der Waals surface area contributed by atoms with Gasteiger partial charge in [-0.15, -0.1) is 0 Å². The molecule has 0 aliphatic heterocycles. The molecule has 2 N–H and O–H groups in total. The highest BCUT2D eigenvalue weighted by atomic mass is 16.4. The summed E-state index contributed by atoms with van der Waals surface area (Å²) >= 11 is 0. The molecule has 0 radical (unpaired) electrons. The van der Waals surface area contributed by atoms with Crippen molar-refractivity contribution >= 4 is 16.9 Å². The van der Waals surface area contributed by atoms with Crippen molar-refractivity contribution in [3.05, 3.63) is 35.5 Å². The van der Waals surface area contributed by atoms with Crippen LogP contribution in [0.15, 0.2) is 24.4 Å². The van der Waals surface area contributed by atoms with Gasteiger partial charge >= 0.3 is 5.97 Å². The smallest absolute Gasteiger partial charge is 0.307 e. The van der Waals surface area contributed by atoms with E-state index < -0.39 is 5.97 Å². The number of nitrogens with one attached hydrogen (secondary N) is 1. The van der Waals surface area contributed by atoms with Crippen molar-refractivity contribution in [2.24, 2.45) is 0 Å². The average Bonchev–Trinajstić information content (AvgIpc) is 2.89. The molecule has 0 bridgehead atoms. The summed E-state index contributed by atoms with van der Waals surface area (Å²) in [5.74, 6) is -0.779. The molecule has 0 saturated heterocycles. The van der Waals surface area contributed by atoms with E-state index in [0.29, 0.717) is 0 Å². The number of aromatic amines is 1. The molecule has 1 aromatic heterocycles. The number of hydrogen-bond donors (Lipinski definition) is 2. The fourth-order valence-electron chi connectivity index (χ4n) is 3.09. The highest BCUT2D eigenvalue weighted by Crippen LogP contribution is 2.24. The van der Waals surface area contributed by atoms with Crippen LogP contribution >= 0.6 is 0 Å². The highest BCUT2D eigenvalue weighted by molar-refractivity contribution is 5.89. The van der Waals surface area contributed by atoms with Crippen LogP contribution in [0.25, 0.3) is 10.9 Å². The maximum Gasteiger partial charge on any atom is 0.307 e. The average molecular weight is 302 g/mol. The minimum atomic E-state index is -0.779. The fraction of sp³-hybridized carbons (Fsp3) is 0.500. The van der Waals surface area contributed by atoms with E-state index in [4.69, 9.17) is 5.11 Å². The van der Waals surface area contributed by atoms with Gasteiger partial charge in [-0.2, -0.15) is 0 Å². The van der Waals surface area contributed by atoms with Crippen LogP contribution in [0.1, 0.15) is 37.8 Å². The van der Waals surface area contributed by atoms with Crippen LogP contribution < -0.4 is 0 Å². The molecule has 0 aliphatic carbocycles. The number of hydrogen-bond acceptors (Lipinski definition) is 2. The standard InChI is InChI=1S/C18H26N2O2/c1-3-9-20(10-4-2)11-8-15-13-19-16-7-5-6-14(18(15)16)12-17(21)22/h5-7,13,19H,3-4,8-12H2,1-2H3,(H,21,22). The van der Waals surface area contributed by atoms with E-state index >= 15 is 0 Å². The molecule has 4 nitrogen and oxygen atoms in total. The number of carboxylic acids is 1. The Labute approximate surface area is 132 Å². The Bertz CT molecular complexity index is 613. The van der Waals surface area contributed by atoms with E-state index in [1.54, 1.807) is 0 Å². The van der Waals surface area contributed by atoms with E-state index in [9.17, 15) is 4.79 Å². The first-order valence-electron chi connectivity index (χ1n) is 8.17. The zero-order chi connectivity index (χ0) is 15.9. The van der Waals surface area contributed by atoms with Gasteiger partial charge in [-0.05, 0) is 49.5 Å². The number of benzene rings is 1. The molecular weight excluding hydrogens is 276 g/mol. The Balaban J connectivity index is 2.18. The summed E-state index contributed by atoms with van der Waals surface area (Å²) in [6.07, 6.45) is 5.40. The molecule has 0 saturated carbocycles. The quantitative estimate of drug-likeness (QED) is 0.746. The molecule has 0 aliphatic rings. The predicted octanol–water partition coefficient (Wildman–Crippen LogP) is 3.46. The summed E-state index contributed by atoms with van der Waals surface area (Å²) in [5, 5.41) is 10.2. The molecule has 0 fully saturated rings. The number of carboxylic acid groups (broad SMARTS) is 1. The lowest BCUT2D eigenvalue weighted by Crippen LogP contribution is -2.27. The SMILES string of the molecule is CCCN(CCC)CCc1c[nH]c2cccc(CC(=O)O)c12. The van der Waals surface area contributed by atoms with Gasteiger partial charge in [-0.3, -0.25) is 4.79 Å². The van der Waals surface area contributed by atoms with Crippen molar-refractivity contribution in [2.45, 2.75) is 39.5 Å². The summed E-state index contributed by atoms with van der Waals surface area (Å²) in [6.45, 7) is 7.69. The van der Waals surface area contributed by atoms with Crippen molar-refractivity contribution < 1.29 is 9.90 Å². The lowest BCUT2D eigenvalue weighted by molar-refractivity contribution is -0.136. The lowest BCUT2D eigenvalue weighted by atomic mass is 10.0. The van der Waals surface area contributed by atoms with Gasteiger partial charge in [0.2, 0.25) is 0 Å². The molecule has 2 aromatic rings. The van der Waals surface area contributed by atoms with E-state index in [0.717, 1.165) is 55.4 Å². The summed E-state index contributed by atoms with van der Waals surface area (Å²) in [5.41, 5.74) is 3.16. The molecule has 0 atom stereocenters. The van der Waals surface area contributed by atoms with Gasteiger partial charge in [0.1, 0.15) is 0 Å². The van der Waals surface area contributed by atoms with Crippen molar-refractivity contribution in [2.75, 3.05) is 19.6 Å². The second-order valence-corrected chi connectivity index (χ2v) is 5.82. The summed E-state index contributed by atoms with van der Waals surface area (Å²) in [7, 11) is 0. The topological polar surface area (TPSA) is 56.3 Å². The largest absolute Gasteiger partial charge is 0.481 e. The van der Waals surface area contributed by atoms with Crippen molar-refractivity contribution in [1.29, 1.82) is 0 Å². The number of aromatic nitrogens is 1. The van der Waals surface area contributed by atoms with E-state index in [-0.39, 0.29) is 6.42 Å². The van der Waals surface area contributed by atoms with Gasteiger partial charge in [0, 0.05) is 23.6 Å². The molecule has 22 heavy (non-hydrogen) atoms. The van der Waals surface area contributed by atoms with Gasteiger partial charge in [0.05, 0.1) is 6.42 Å². The number of carbonyl (C=O) groups is 1. The van der Waals surface area contributed by atoms with Crippen LogP contribution in [0.3, 0.4) is 0 Å². The minimum Gasteiger partial charge on any atom is -0.481 e. The maximum absolute atomic E-state index is 11.1. The predicted molar refractivity (Wildman–Crippen MR) is 90.4 cm³/mol. The lowest BCUT2D eigenvalue weighted by Gasteiger charge is -2.20. The third kappa shape index (κ3) is 4.10. The van der Waals surface area contributed by atoms with Crippen LogP contribution in [0, 0.1) is 0 Å². The van der Waals surface area contributed by atoms with Crippen LogP contribution in [0.5, 0.6) is 0 Å². The molecule has 120 valence electrons. The summed E-state index contributed by atoms with van der Waals surface area (Å²) in [6, 6.07) is 5.85. The van der Waals surface area contributed by atoms with Crippen LogP contribution in [0.2, 0.25) is 0 Å². The highest BCUT2D eigenvalue weighted by Gasteiger charge is 2.12. The van der Waals surface area contributed by atoms with Crippen molar-refractivity contribution in [3.63, 3.8) is 0 Å². The Morgan fingerprint density at radius 2 is 1.86 bits per heavy atom. The molecule has 1 heterocycles. The maximum atomic E-state index is 11.1. The Hall–Kier alpha value is -1.81. The molecule has 0 amide bonds. The van der Waals surface area contributed by atoms with Gasteiger partial charge in [0.15, 0.2) is 0 Å². The van der Waals surface area contributed by atoms with Gasteiger partial charge < -0.3 is 15.0 Å². The Morgan fingerprint density at radius 1 is 1.14 bits per heavy atom. The first kappa shape index (κ1) is 16.6. The number of aliphatic carboxylic acids is 1. The normalized spacial score (nSPS) is 11.4. The second kappa shape index (κ2) is 7.99. The number of nitrogens with zero attached hydrogens (tertiary/aromatic N) is 1. The number of rotatable bonds is 9. The third-order valence-electron chi connectivity index (χ3n) is 3.99. The van der Waals surface area contributed by atoms with Gasteiger partial charge in [0.25, 0.3) is 0 Å². The first-order chi connectivity index (χ1) is 10.7. The third-order valence-corrected chi connectivity index (χ3v) is 3.99.